The first-order chi connectivity index (χ1) is 8.10. The van der Waals surface area contributed by atoms with Gasteiger partial charge in [-0.05, 0) is 43.9 Å². The van der Waals surface area contributed by atoms with E-state index in [2.05, 4.69) is 13.8 Å². The Kier molecular flexibility index (Phi) is 3.94. The summed E-state index contributed by atoms with van der Waals surface area (Å²) in [7, 11) is 3.53. The predicted octanol–water partition coefficient (Wildman–Crippen LogP) is 3.91. The molecule has 0 aromatic heterocycles. The normalized spacial score (nSPS) is 28.4. The Bertz CT molecular complexity index is 296. The van der Waals surface area contributed by atoms with Gasteiger partial charge >= 0.3 is 0 Å². The third-order valence-corrected chi connectivity index (χ3v) is 4.55. The number of ether oxygens (including phenoxy) is 2. The van der Waals surface area contributed by atoms with Crippen LogP contribution in [0.25, 0.3) is 0 Å². The second-order valence-electron chi connectivity index (χ2n) is 6.09. The molecular formula is C15H26O2. The molecule has 0 saturated carbocycles. The van der Waals surface area contributed by atoms with Crippen LogP contribution in [0.3, 0.4) is 0 Å². The number of rotatable bonds is 3. The Labute approximate surface area is 105 Å². The minimum Gasteiger partial charge on any atom is -0.355 e. The Morgan fingerprint density at radius 3 is 2.41 bits per heavy atom. The van der Waals surface area contributed by atoms with E-state index in [1.165, 1.54) is 38.5 Å². The van der Waals surface area contributed by atoms with Crippen LogP contribution in [0.1, 0.15) is 52.4 Å². The van der Waals surface area contributed by atoms with Gasteiger partial charge in [-0.1, -0.05) is 25.0 Å². The van der Waals surface area contributed by atoms with Crippen molar-refractivity contribution in [3.63, 3.8) is 0 Å². The molecule has 98 valence electrons. The molecule has 0 radical (unpaired) electrons. The van der Waals surface area contributed by atoms with Crippen LogP contribution in [0.15, 0.2) is 11.1 Å². The van der Waals surface area contributed by atoms with Gasteiger partial charge in [0.1, 0.15) is 0 Å². The molecule has 2 heteroatoms. The van der Waals surface area contributed by atoms with Crippen molar-refractivity contribution in [3.05, 3.63) is 11.1 Å². The van der Waals surface area contributed by atoms with E-state index >= 15 is 0 Å². The Balaban J connectivity index is 2.33. The van der Waals surface area contributed by atoms with Crippen molar-refractivity contribution in [2.75, 3.05) is 14.2 Å². The van der Waals surface area contributed by atoms with E-state index in [1.54, 1.807) is 25.4 Å². The molecule has 0 bridgehead atoms. The van der Waals surface area contributed by atoms with Crippen molar-refractivity contribution in [2.24, 2.45) is 11.3 Å². The summed E-state index contributed by atoms with van der Waals surface area (Å²) in [5.74, 6) is 0.476. The zero-order valence-corrected chi connectivity index (χ0v) is 11.7. The standard InChI is InChI=1S/C15H26O2/c1-15(2)10-6-8-11-7-5-9-12(13(11)15)14(16-3)17-4/h12,14H,5-10H2,1-4H3. The zero-order chi connectivity index (χ0) is 12.5. The van der Waals surface area contributed by atoms with Crippen molar-refractivity contribution < 1.29 is 9.47 Å². The average Bonchev–Trinajstić information content (AvgIpc) is 2.30. The first-order valence-electron chi connectivity index (χ1n) is 6.88. The molecule has 2 aliphatic carbocycles. The van der Waals surface area contributed by atoms with E-state index in [4.69, 9.17) is 9.47 Å². The lowest BCUT2D eigenvalue weighted by atomic mass is 9.63. The van der Waals surface area contributed by atoms with E-state index in [0.29, 0.717) is 11.3 Å². The largest absolute Gasteiger partial charge is 0.355 e. The van der Waals surface area contributed by atoms with E-state index in [1.807, 2.05) is 0 Å². The second-order valence-corrected chi connectivity index (χ2v) is 6.09. The molecule has 0 N–H and O–H groups in total. The van der Waals surface area contributed by atoms with Crippen LogP contribution in [0.2, 0.25) is 0 Å². The van der Waals surface area contributed by atoms with Crippen LogP contribution in [-0.2, 0) is 9.47 Å². The minimum absolute atomic E-state index is 0.0577. The molecule has 0 spiro atoms. The number of methoxy groups -OCH3 is 2. The molecule has 0 amide bonds. The first kappa shape index (κ1) is 13.1. The molecule has 2 aliphatic rings. The Hall–Kier alpha value is -0.340. The molecule has 0 aromatic carbocycles. The van der Waals surface area contributed by atoms with E-state index in [0.717, 1.165) is 0 Å². The maximum atomic E-state index is 5.52. The lowest BCUT2D eigenvalue weighted by molar-refractivity contribution is -0.135. The van der Waals surface area contributed by atoms with Crippen LogP contribution in [0, 0.1) is 11.3 Å². The predicted molar refractivity (Wildman–Crippen MR) is 69.8 cm³/mol. The fourth-order valence-electron chi connectivity index (χ4n) is 3.89. The summed E-state index contributed by atoms with van der Waals surface area (Å²) in [6.45, 7) is 4.78. The van der Waals surface area contributed by atoms with Gasteiger partial charge in [-0.3, -0.25) is 0 Å². The summed E-state index contributed by atoms with van der Waals surface area (Å²) < 4.78 is 11.0. The average molecular weight is 238 g/mol. The molecule has 0 saturated heterocycles. The highest BCUT2D eigenvalue weighted by Gasteiger charge is 2.39. The molecule has 0 aromatic rings. The number of hydrogen-bond donors (Lipinski definition) is 0. The van der Waals surface area contributed by atoms with Crippen molar-refractivity contribution in [1.82, 2.24) is 0 Å². The fraction of sp³-hybridized carbons (Fsp3) is 0.867. The first-order valence-corrected chi connectivity index (χ1v) is 6.88. The van der Waals surface area contributed by atoms with Gasteiger partial charge < -0.3 is 9.47 Å². The highest BCUT2D eigenvalue weighted by molar-refractivity contribution is 5.29. The van der Waals surface area contributed by atoms with Gasteiger partial charge in [-0.25, -0.2) is 0 Å². The molecule has 2 rings (SSSR count). The maximum absolute atomic E-state index is 5.52. The van der Waals surface area contributed by atoms with Crippen molar-refractivity contribution >= 4 is 0 Å². The van der Waals surface area contributed by atoms with Gasteiger partial charge in [0.15, 0.2) is 6.29 Å². The molecule has 17 heavy (non-hydrogen) atoms. The third kappa shape index (κ3) is 2.43. The number of hydrogen-bond acceptors (Lipinski definition) is 2. The SMILES string of the molecule is COC(OC)C1CCCC2=C1C(C)(C)CCC2. The lowest BCUT2D eigenvalue weighted by Crippen LogP contribution is -2.36. The fourth-order valence-corrected chi connectivity index (χ4v) is 3.89. The van der Waals surface area contributed by atoms with Crippen molar-refractivity contribution in [3.8, 4) is 0 Å². The quantitative estimate of drug-likeness (QED) is 0.548. The van der Waals surface area contributed by atoms with E-state index in [-0.39, 0.29) is 6.29 Å². The minimum atomic E-state index is -0.0577. The molecule has 0 aliphatic heterocycles. The maximum Gasteiger partial charge on any atom is 0.163 e. The Morgan fingerprint density at radius 2 is 1.76 bits per heavy atom. The summed E-state index contributed by atoms with van der Waals surface area (Å²) in [4.78, 5) is 0. The molecule has 1 atom stereocenters. The smallest absolute Gasteiger partial charge is 0.163 e. The lowest BCUT2D eigenvalue weighted by Gasteiger charge is -2.44. The summed E-state index contributed by atoms with van der Waals surface area (Å²) in [5, 5.41) is 0. The van der Waals surface area contributed by atoms with Gasteiger partial charge in [0.2, 0.25) is 0 Å². The summed E-state index contributed by atoms with van der Waals surface area (Å²) in [6, 6.07) is 0. The second kappa shape index (κ2) is 5.11. The molecule has 0 heterocycles. The summed E-state index contributed by atoms with van der Waals surface area (Å²) in [5.41, 5.74) is 3.70. The zero-order valence-electron chi connectivity index (χ0n) is 11.7. The van der Waals surface area contributed by atoms with Crippen LogP contribution in [0.4, 0.5) is 0 Å². The van der Waals surface area contributed by atoms with Gasteiger partial charge in [0.05, 0.1) is 0 Å². The highest BCUT2D eigenvalue weighted by atomic mass is 16.7. The monoisotopic (exact) mass is 238 g/mol. The van der Waals surface area contributed by atoms with Crippen LogP contribution in [-0.4, -0.2) is 20.5 Å². The van der Waals surface area contributed by atoms with Gasteiger partial charge in [0.25, 0.3) is 0 Å². The van der Waals surface area contributed by atoms with Crippen LogP contribution < -0.4 is 0 Å². The third-order valence-electron chi connectivity index (χ3n) is 4.55. The summed E-state index contributed by atoms with van der Waals surface area (Å²) >= 11 is 0. The Morgan fingerprint density at radius 1 is 1.12 bits per heavy atom. The number of allylic oxidation sites excluding steroid dienone is 1. The molecule has 2 nitrogen and oxygen atoms in total. The van der Waals surface area contributed by atoms with Crippen molar-refractivity contribution in [1.29, 1.82) is 0 Å². The highest BCUT2D eigenvalue weighted by Crippen LogP contribution is 2.50. The van der Waals surface area contributed by atoms with Gasteiger partial charge in [-0.2, -0.15) is 0 Å². The summed E-state index contributed by atoms with van der Waals surface area (Å²) in [6.07, 6.45) is 7.71. The molecule has 0 fully saturated rings. The van der Waals surface area contributed by atoms with E-state index in [9.17, 15) is 0 Å². The topological polar surface area (TPSA) is 18.5 Å². The molecular weight excluding hydrogens is 212 g/mol. The van der Waals surface area contributed by atoms with Crippen molar-refractivity contribution in [2.45, 2.75) is 58.7 Å². The van der Waals surface area contributed by atoms with Crippen LogP contribution >= 0.6 is 0 Å². The molecule has 1 unspecified atom stereocenters. The van der Waals surface area contributed by atoms with Gasteiger partial charge in [-0.15, -0.1) is 0 Å². The van der Waals surface area contributed by atoms with E-state index < -0.39 is 0 Å². The van der Waals surface area contributed by atoms with Crippen LogP contribution in [0.5, 0.6) is 0 Å². The van der Waals surface area contributed by atoms with Gasteiger partial charge in [0, 0.05) is 20.1 Å².